The number of alkyl halides is 3. The highest BCUT2D eigenvalue weighted by Crippen LogP contribution is 2.31. The zero-order valence-electron chi connectivity index (χ0n) is 11.2. The molecule has 0 unspecified atom stereocenters. The number of hydrogen-bond donors (Lipinski definition) is 1. The van der Waals surface area contributed by atoms with Crippen molar-refractivity contribution in [2.45, 2.75) is 18.8 Å². The summed E-state index contributed by atoms with van der Waals surface area (Å²) in [4.78, 5) is 0. The third kappa shape index (κ3) is 4.29. The molecular weight excluding hydrogens is 338 g/mol. The molecule has 118 valence electrons. The summed E-state index contributed by atoms with van der Waals surface area (Å²) in [5.41, 5.74) is 5.90. The smallest absolute Gasteiger partial charge is 0.407 e. The van der Waals surface area contributed by atoms with Crippen LogP contribution < -0.4 is 10.5 Å². The van der Waals surface area contributed by atoms with Crippen molar-refractivity contribution in [1.82, 2.24) is 0 Å². The molecule has 0 spiro atoms. The van der Waals surface area contributed by atoms with Crippen molar-refractivity contribution in [2.75, 3.05) is 0 Å². The lowest BCUT2D eigenvalue weighted by Gasteiger charge is -2.16. The fourth-order valence-electron chi connectivity index (χ4n) is 1.76. The quantitative estimate of drug-likeness (QED) is 0.829. The fraction of sp³-hybridized carbons (Fsp3) is 0.200. The summed E-state index contributed by atoms with van der Waals surface area (Å²) in [6.45, 7) is 0.224. The minimum atomic E-state index is -4.47. The van der Waals surface area contributed by atoms with Crippen molar-refractivity contribution in [1.29, 1.82) is 0 Å². The first-order valence-corrected chi connectivity index (χ1v) is 7.02. The summed E-state index contributed by atoms with van der Waals surface area (Å²) in [5.74, 6) is 0.434. The molecule has 22 heavy (non-hydrogen) atoms. The Morgan fingerprint density at radius 2 is 1.64 bits per heavy atom. The van der Waals surface area contributed by atoms with Gasteiger partial charge in [-0.2, -0.15) is 13.2 Å². The highest BCUT2D eigenvalue weighted by atomic mass is 35.5. The Morgan fingerprint density at radius 1 is 1.00 bits per heavy atom. The SMILES string of the molecule is N[C@@H](c1ccc(OCc2ccc(Cl)c(Cl)c2)cc1)C(F)(F)F. The summed E-state index contributed by atoms with van der Waals surface area (Å²) in [6.07, 6.45) is -4.47. The molecule has 0 saturated carbocycles. The standard InChI is InChI=1S/C15H12Cl2F3NO/c16-12-6-1-9(7-13(12)17)8-22-11-4-2-10(3-5-11)14(21)15(18,19)20/h1-7,14H,8,21H2/t14-/m0/s1. The minimum absolute atomic E-state index is 0.0191. The summed E-state index contributed by atoms with van der Waals surface area (Å²) in [5, 5.41) is 0.852. The van der Waals surface area contributed by atoms with Crippen LogP contribution in [0.5, 0.6) is 5.75 Å². The molecule has 0 fully saturated rings. The molecule has 0 radical (unpaired) electrons. The zero-order chi connectivity index (χ0) is 16.3. The molecule has 1 atom stereocenters. The van der Waals surface area contributed by atoms with Gasteiger partial charge in [0.05, 0.1) is 10.0 Å². The minimum Gasteiger partial charge on any atom is -0.489 e. The van der Waals surface area contributed by atoms with E-state index in [9.17, 15) is 13.2 Å². The van der Waals surface area contributed by atoms with Gasteiger partial charge in [0.15, 0.2) is 0 Å². The summed E-state index contributed by atoms with van der Waals surface area (Å²) in [7, 11) is 0. The molecule has 0 bridgehead atoms. The van der Waals surface area contributed by atoms with E-state index in [0.29, 0.717) is 15.8 Å². The monoisotopic (exact) mass is 349 g/mol. The molecule has 0 aromatic heterocycles. The molecule has 2 aromatic carbocycles. The van der Waals surface area contributed by atoms with Gasteiger partial charge in [-0.3, -0.25) is 0 Å². The van der Waals surface area contributed by atoms with Crippen molar-refractivity contribution >= 4 is 23.2 Å². The Kier molecular flexibility index (Phi) is 5.21. The van der Waals surface area contributed by atoms with E-state index >= 15 is 0 Å². The second-order valence-corrected chi connectivity index (χ2v) is 5.44. The molecule has 0 aliphatic heterocycles. The van der Waals surface area contributed by atoms with E-state index in [0.717, 1.165) is 5.56 Å². The van der Waals surface area contributed by atoms with E-state index in [1.165, 1.54) is 24.3 Å². The van der Waals surface area contributed by atoms with Gasteiger partial charge in [0.2, 0.25) is 0 Å². The molecule has 0 heterocycles. The average molecular weight is 350 g/mol. The Bertz CT molecular complexity index is 644. The Labute approximate surface area is 135 Å². The number of halogens is 5. The molecule has 0 saturated heterocycles. The van der Waals surface area contributed by atoms with Crippen molar-refractivity contribution < 1.29 is 17.9 Å². The zero-order valence-corrected chi connectivity index (χ0v) is 12.7. The van der Waals surface area contributed by atoms with Crippen LogP contribution in [-0.2, 0) is 6.61 Å². The van der Waals surface area contributed by atoms with Crippen LogP contribution in [0.2, 0.25) is 10.0 Å². The molecule has 0 amide bonds. The first-order chi connectivity index (χ1) is 10.3. The van der Waals surface area contributed by atoms with E-state index in [1.807, 2.05) is 0 Å². The molecule has 2 nitrogen and oxygen atoms in total. The van der Waals surface area contributed by atoms with Crippen LogP contribution >= 0.6 is 23.2 Å². The maximum atomic E-state index is 12.5. The first-order valence-electron chi connectivity index (χ1n) is 6.26. The number of nitrogens with two attached hydrogens (primary N) is 1. The van der Waals surface area contributed by atoms with Crippen molar-refractivity contribution in [3.8, 4) is 5.75 Å². The van der Waals surface area contributed by atoms with E-state index in [1.54, 1.807) is 18.2 Å². The molecule has 0 aliphatic carbocycles. The number of ether oxygens (including phenoxy) is 1. The predicted octanol–water partition coefficient (Wildman–Crippen LogP) is 5.13. The summed E-state index contributed by atoms with van der Waals surface area (Å²) >= 11 is 11.7. The van der Waals surface area contributed by atoms with Gasteiger partial charge in [-0.05, 0) is 35.4 Å². The Morgan fingerprint density at radius 3 is 2.18 bits per heavy atom. The predicted molar refractivity (Wildman–Crippen MR) is 80.2 cm³/mol. The van der Waals surface area contributed by atoms with Gasteiger partial charge in [0, 0.05) is 0 Å². The van der Waals surface area contributed by atoms with Crippen LogP contribution in [0.25, 0.3) is 0 Å². The van der Waals surface area contributed by atoms with E-state index < -0.39 is 12.2 Å². The van der Waals surface area contributed by atoms with Gasteiger partial charge >= 0.3 is 6.18 Å². The largest absolute Gasteiger partial charge is 0.489 e. The summed E-state index contributed by atoms with van der Waals surface area (Å²) < 4.78 is 43.0. The maximum absolute atomic E-state index is 12.5. The van der Waals surface area contributed by atoms with Crippen LogP contribution in [0.3, 0.4) is 0 Å². The second-order valence-electron chi connectivity index (χ2n) is 4.63. The van der Waals surface area contributed by atoms with Gasteiger partial charge < -0.3 is 10.5 Å². The molecule has 2 rings (SSSR count). The normalized spacial score (nSPS) is 13.0. The third-order valence-electron chi connectivity index (χ3n) is 2.98. The molecule has 0 aliphatic rings. The lowest BCUT2D eigenvalue weighted by atomic mass is 10.1. The van der Waals surface area contributed by atoms with Crippen LogP contribution in [-0.4, -0.2) is 6.18 Å². The highest BCUT2D eigenvalue weighted by molar-refractivity contribution is 6.42. The Hall–Kier alpha value is -1.43. The molecular formula is C15H12Cl2F3NO. The van der Waals surface area contributed by atoms with Crippen molar-refractivity contribution in [3.63, 3.8) is 0 Å². The fourth-order valence-corrected chi connectivity index (χ4v) is 2.08. The summed E-state index contributed by atoms with van der Waals surface area (Å²) in [6, 6.07) is 8.53. The molecule has 2 N–H and O–H groups in total. The van der Waals surface area contributed by atoms with Gasteiger partial charge in [-0.1, -0.05) is 41.4 Å². The third-order valence-corrected chi connectivity index (χ3v) is 3.72. The average Bonchev–Trinajstić information content (AvgIpc) is 2.47. The second kappa shape index (κ2) is 6.77. The molecule has 2 aromatic rings. The number of rotatable bonds is 4. The number of hydrogen-bond acceptors (Lipinski definition) is 2. The van der Waals surface area contributed by atoms with Gasteiger partial charge in [0.1, 0.15) is 18.4 Å². The van der Waals surface area contributed by atoms with Crippen molar-refractivity contribution in [3.05, 3.63) is 63.6 Å². The van der Waals surface area contributed by atoms with Crippen LogP contribution in [0.15, 0.2) is 42.5 Å². The van der Waals surface area contributed by atoms with Crippen molar-refractivity contribution in [2.24, 2.45) is 5.73 Å². The maximum Gasteiger partial charge on any atom is 0.407 e. The van der Waals surface area contributed by atoms with Crippen LogP contribution in [0.1, 0.15) is 17.2 Å². The van der Waals surface area contributed by atoms with E-state index in [2.05, 4.69) is 0 Å². The van der Waals surface area contributed by atoms with Crippen LogP contribution in [0.4, 0.5) is 13.2 Å². The lowest BCUT2D eigenvalue weighted by Crippen LogP contribution is -2.28. The van der Waals surface area contributed by atoms with E-state index in [4.69, 9.17) is 33.7 Å². The van der Waals surface area contributed by atoms with Crippen LogP contribution in [0, 0.1) is 0 Å². The molecule has 7 heteroatoms. The van der Waals surface area contributed by atoms with E-state index in [-0.39, 0.29) is 12.2 Å². The van der Waals surface area contributed by atoms with Gasteiger partial charge in [-0.25, -0.2) is 0 Å². The lowest BCUT2D eigenvalue weighted by molar-refractivity contribution is -0.149. The van der Waals surface area contributed by atoms with Gasteiger partial charge in [0.25, 0.3) is 0 Å². The number of benzene rings is 2. The highest BCUT2D eigenvalue weighted by Gasteiger charge is 2.37. The first kappa shape index (κ1) is 16.9. The Balaban J connectivity index is 2.01. The topological polar surface area (TPSA) is 35.2 Å². The van der Waals surface area contributed by atoms with Gasteiger partial charge in [-0.15, -0.1) is 0 Å².